The van der Waals surface area contributed by atoms with Gasteiger partial charge in [-0.05, 0) is 31.4 Å². The molecule has 0 radical (unpaired) electrons. The van der Waals surface area contributed by atoms with Gasteiger partial charge in [0.25, 0.3) is 0 Å². The molecule has 2 nitrogen and oxygen atoms in total. The zero-order valence-corrected chi connectivity index (χ0v) is 11.4. The second-order valence-corrected chi connectivity index (χ2v) is 5.21. The molecular weight excluding hydrogens is 274 g/mol. The highest BCUT2D eigenvalue weighted by Gasteiger charge is 2.08. The summed E-state index contributed by atoms with van der Waals surface area (Å²) >= 11 is 5.20. The number of rotatable bonds is 5. The molecule has 0 unspecified atom stereocenters. The molecule has 0 fully saturated rings. The molecule has 1 rings (SSSR count). The quantitative estimate of drug-likeness (QED) is 0.846. The topological polar surface area (TPSA) is 35.2 Å². The van der Waals surface area contributed by atoms with Crippen LogP contribution in [0.2, 0.25) is 0 Å². The predicted molar refractivity (Wildman–Crippen MR) is 70.6 cm³/mol. The molecule has 1 atom stereocenters. The summed E-state index contributed by atoms with van der Waals surface area (Å²) in [5.41, 5.74) is 6.93. The maximum absolute atomic E-state index is 5.88. The Morgan fingerprint density at radius 3 is 2.87 bits per heavy atom. The molecule has 4 heteroatoms. The fraction of sp³-hybridized carbons (Fsp3) is 0.455. The fourth-order valence-electron chi connectivity index (χ4n) is 1.24. The molecule has 0 aliphatic rings. The molecular formula is C11H16BrNOS. The fourth-order valence-corrected chi connectivity index (χ4v) is 1.87. The summed E-state index contributed by atoms with van der Waals surface area (Å²) in [6, 6.07) is 5.94. The van der Waals surface area contributed by atoms with Gasteiger partial charge in [0, 0.05) is 21.8 Å². The largest absolute Gasteiger partial charge is 0.492 e. The first-order chi connectivity index (χ1) is 7.15. The van der Waals surface area contributed by atoms with Crippen molar-refractivity contribution in [1.82, 2.24) is 0 Å². The molecule has 0 spiro atoms. The van der Waals surface area contributed by atoms with Crippen LogP contribution in [0.3, 0.4) is 0 Å². The summed E-state index contributed by atoms with van der Waals surface area (Å²) in [4.78, 5) is 0. The van der Waals surface area contributed by atoms with Gasteiger partial charge >= 0.3 is 0 Å². The Morgan fingerprint density at radius 2 is 2.27 bits per heavy atom. The molecule has 0 heterocycles. The first-order valence-corrected chi connectivity index (χ1v) is 7.00. The average Bonchev–Trinajstić information content (AvgIpc) is 2.20. The summed E-state index contributed by atoms with van der Waals surface area (Å²) in [6.45, 7) is 2.69. The first-order valence-electron chi connectivity index (χ1n) is 4.82. The van der Waals surface area contributed by atoms with Gasteiger partial charge < -0.3 is 10.5 Å². The van der Waals surface area contributed by atoms with Crippen LogP contribution in [0.25, 0.3) is 0 Å². The highest BCUT2D eigenvalue weighted by molar-refractivity contribution is 9.10. The van der Waals surface area contributed by atoms with E-state index < -0.39 is 0 Å². The lowest BCUT2D eigenvalue weighted by Crippen LogP contribution is -2.09. The number of hydrogen-bond acceptors (Lipinski definition) is 3. The van der Waals surface area contributed by atoms with Crippen LogP contribution >= 0.6 is 27.7 Å². The minimum absolute atomic E-state index is 0.00761. The Kier molecular flexibility index (Phi) is 5.50. The lowest BCUT2D eigenvalue weighted by molar-refractivity contribution is 0.338. The smallest absolute Gasteiger partial charge is 0.124 e. The maximum atomic E-state index is 5.88. The van der Waals surface area contributed by atoms with E-state index in [0.29, 0.717) is 0 Å². The predicted octanol–water partition coefficient (Wildman–Crippen LogP) is 3.21. The van der Waals surface area contributed by atoms with E-state index >= 15 is 0 Å². The van der Waals surface area contributed by atoms with Gasteiger partial charge in [-0.15, -0.1) is 0 Å². The van der Waals surface area contributed by atoms with E-state index in [1.807, 2.05) is 25.1 Å². The Balaban J connectivity index is 2.77. The van der Waals surface area contributed by atoms with E-state index in [4.69, 9.17) is 10.5 Å². The molecule has 0 amide bonds. The van der Waals surface area contributed by atoms with Crippen molar-refractivity contribution in [2.24, 2.45) is 5.73 Å². The van der Waals surface area contributed by atoms with Crippen molar-refractivity contribution >= 4 is 27.7 Å². The van der Waals surface area contributed by atoms with E-state index in [2.05, 4.69) is 22.2 Å². The van der Waals surface area contributed by atoms with Crippen molar-refractivity contribution in [3.63, 3.8) is 0 Å². The number of nitrogens with two attached hydrogens (primary N) is 1. The first kappa shape index (κ1) is 12.9. The van der Waals surface area contributed by atoms with E-state index in [0.717, 1.165) is 28.1 Å². The Bertz CT molecular complexity index is 317. The molecule has 15 heavy (non-hydrogen) atoms. The molecule has 2 N–H and O–H groups in total. The summed E-state index contributed by atoms with van der Waals surface area (Å²) in [5, 5.41) is 0. The number of thioether (sulfide) groups is 1. The highest BCUT2D eigenvalue weighted by atomic mass is 79.9. The van der Waals surface area contributed by atoms with Crippen LogP contribution in [0.4, 0.5) is 0 Å². The molecule has 0 aliphatic heterocycles. The van der Waals surface area contributed by atoms with E-state index in [-0.39, 0.29) is 6.04 Å². The molecule has 84 valence electrons. The van der Waals surface area contributed by atoms with Crippen LogP contribution in [0.1, 0.15) is 18.5 Å². The third-order valence-electron chi connectivity index (χ3n) is 2.01. The maximum Gasteiger partial charge on any atom is 0.124 e. The minimum atomic E-state index is -0.00761. The summed E-state index contributed by atoms with van der Waals surface area (Å²) in [7, 11) is 0. The van der Waals surface area contributed by atoms with Gasteiger partial charge in [-0.25, -0.2) is 0 Å². The van der Waals surface area contributed by atoms with Gasteiger partial charge in [-0.1, -0.05) is 15.9 Å². The van der Waals surface area contributed by atoms with Crippen LogP contribution in [0.5, 0.6) is 5.75 Å². The zero-order chi connectivity index (χ0) is 11.3. The Morgan fingerprint density at radius 1 is 1.53 bits per heavy atom. The van der Waals surface area contributed by atoms with Gasteiger partial charge in [0.05, 0.1) is 6.61 Å². The minimum Gasteiger partial charge on any atom is -0.492 e. The highest BCUT2D eigenvalue weighted by Crippen LogP contribution is 2.27. The molecule has 1 aromatic carbocycles. The lowest BCUT2D eigenvalue weighted by atomic mass is 10.1. The van der Waals surface area contributed by atoms with Gasteiger partial charge in [-0.2, -0.15) is 11.8 Å². The van der Waals surface area contributed by atoms with Gasteiger partial charge in [0.2, 0.25) is 0 Å². The van der Waals surface area contributed by atoms with Crippen LogP contribution in [-0.4, -0.2) is 18.6 Å². The number of benzene rings is 1. The van der Waals surface area contributed by atoms with Gasteiger partial charge in [-0.3, -0.25) is 0 Å². The molecule has 0 saturated carbocycles. The number of ether oxygens (including phenoxy) is 1. The summed E-state index contributed by atoms with van der Waals surface area (Å²) < 4.78 is 6.71. The van der Waals surface area contributed by atoms with Crippen molar-refractivity contribution in [3.8, 4) is 5.75 Å². The molecule has 0 aromatic heterocycles. The lowest BCUT2D eigenvalue weighted by Gasteiger charge is -2.14. The number of halogens is 1. The van der Waals surface area contributed by atoms with Crippen LogP contribution < -0.4 is 10.5 Å². The number of hydrogen-bond donors (Lipinski definition) is 1. The van der Waals surface area contributed by atoms with E-state index in [1.54, 1.807) is 11.8 Å². The second kappa shape index (κ2) is 6.40. The SMILES string of the molecule is CSCCOc1ccc(Br)cc1[C@@H](C)N. The Hall–Kier alpha value is -0.190. The van der Waals surface area contributed by atoms with E-state index in [1.165, 1.54) is 0 Å². The van der Waals surface area contributed by atoms with Crippen LogP contribution in [0, 0.1) is 0 Å². The van der Waals surface area contributed by atoms with Gasteiger partial charge in [0.15, 0.2) is 0 Å². The van der Waals surface area contributed by atoms with Crippen molar-refractivity contribution < 1.29 is 4.74 Å². The van der Waals surface area contributed by atoms with Crippen molar-refractivity contribution in [2.45, 2.75) is 13.0 Å². The molecule has 0 aliphatic carbocycles. The van der Waals surface area contributed by atoms with E-state index in [9.17, 15) is 0 Å². The van der Waals surface area contributed by atoms with Crippen molar-refractivity contribution in [2.75, 3.05) is 18.6 Å². The normalized spacial score (nSPS) is 12.5. The van der Waals surface area contributed by atoms with Crippen LogP contribution in [-0.2, 0) is 0 Å². The second-order valence-electron chi connectivity index (χ2n) is 3.31. The van der Waals surface area contributed by atoms with Crippen molar-refractivity contribution in [1.29, 1.82) is 0 Å². The average molecular weight is 290 g/mol. The van der Waals surface area contributed by atoms with Gasteiger partial charge in [0.1, 0.15) is 5.75 Å². The summed E-state index contributed by atoms with van der Waals surface area (Å²) in [6.07, 6.45) is 2.07. The monoisotopic (exact) mass is 289 g/mol. The Labute approximate surface area is 104 Å². The standard InChI is InChI=1S/C11H16BrNOS/c1-8(13)10-7-9(12)3-4-11(10)14-5-6-15-2/h3-4,7-8H,5-6,13H2,1-2H3/t8-/m1/s1. The molecule has 1 aromatic rings. The van der Waals surface area contributed by atoms with Crippen molar-refractivity contribution in [3.05, 3.63) is 28.2 Å². The zero-order valence-electron chi connectivity index (χ0n) is 9.00. The molecule has 0 saturated heterocycles. The third kappa shape index (κ3) is 4.05. The molecule has 0 bridgehead atoms. The van der Waals surface area contributed by atoms with Crippen LogP contribution in [0.15, 0.2) is 22.7 Å². The summed E-state index contributed by atoms with van der Waals surface area (Å²) in [5.74, 6) is 1.89. The third-order valence-corrected chi connectivity index (χ3v) is 3.08.